The standard InChI is InChI=1S/C13H25O3P/c1-4-7-10-13-17(14,15-11-8-5-2)16-12-9-6-3/h4-9,11-12H2,1-3H3. The smallest absolute Gasteiger partial charge is 0.299 e. The Morgan fingerprint density at radius 3 is 1.88 bits per heavy atom. The van der Waals surface area contributed by atoms with E-state index in [1.54, 1.807) is 0 Å². The van der Waals surface area contributed by atoms with Crippen LogP contribution >= 0.6 is 7.60 Å². The molecular formula is C13H25O3P. The molecule has 0 aromatic heterocycles. The molecule has 17 heavy (non-hydrogen) atoms. The molecule has 0 radical (unpaired) electrons. The fourth-order valence-electron chi connectivity index (χ4n) is 1.04. The van der Waals surface area contributed by atoms with E-state index in [-0.39, 0.29) is 0 Å². The highest BCUT2D eigenvalue weighted by Crippen LogP contribution is 2.47. The van der Waals surface area contributed by atoms with Gasteiger partial charge in [0.1, 0.15) is 0 Å². The van der Waals surface area contributed by atoms with Gasteiger partial charge in [-0.05, 0) is 19.3 Å². The molecule has 0 spiro atoms. The number of hydrogen-bond acceptors (Lipinski definition) is 3. The zero-order valence-electron chi connectivity index (χ0n) is 11.3. The van der Waals surface area contributed by atoms with Gasteiger partial charge in [0.15, 0.2) is 0 Å². The van der Waals surface area contributed by atoms with Crippen LogP contribution in [0.25, 0.3) is 0 Å². The Bertz CT molecular complexity index is 264. The van der Waals surface area contributed by atoms with Crippen LogP contribution in [0.15, 0.2) is 0 Å². The van der Waals surface area contributed by atoms with Crippen molar-refractivity contribution in [3.8, 4) is 11.6 Å². The highest BCUT2D eigenvalue weighted by atomic mass is 31.2. The SMILES string of the molecule is CCCC#CP(=O)(OCCCC)OCCCC. The Labute approximate surface area is 106 Å². The Balaban J connectivity index is 4.26. The molecule has 0 aromatic carbocycles. The fourth-order valence-corrected chi connectivity index (χ4v) is 2.29. The molecule has 0 bridgehead atoms. The van der Waals surface area contributed by atoms with Crippen molar-refractivity contribution in [1.29, 1.82) is 0 Å². The molecule has 100 valence electrons. The minimum absolute atomic E-state index is 0.459. The quantitative estimate of drug-likeness (QED) is 0.346. The van der Waals surface area contributed by atoms with Gasteiger partial charge in [-0.3, -0.25) is 9.05 Å². The molecule has 0 amide bonds. The molecule has 0 atom stereocenters. The third-order valence-corrected chi connectivity index (χ3v) is 3.59. The summed E-state index contributed by atoms with van der Waals surface area (Å²) in [4.78, 5) is 0. The van der Waals surface area contributed by atoms with Crippen molar-refractivity contribution in [2.45, 2.75) is 59.3 Å². The second-order valence-corrected chi connectivity index (χ2v) is 5.64. The monoisotopic (exact) mass is 260 g/mol. The summed E-state index contributed by atoms with van der Waals surface area (Å²) in [5.74, 6) is 2.87. The summed E-state index contributed by atoms with van der Waals surface area (Å²) in [6, 6.07) is 0. The summed E-state index contributed by atoms with van der Waals surface area (Å²) in [6.07, 6.45) is 5.48. The lowest BCUT2D eigenvalue weighted by molar-refractivity contribution is 0.209. The average Bonchev–Trinajstić information content (AvgIpc) is 2.30. The van der Waals surface area contributed by atoms with Crippen LogP contribution in [0.5, 0.6) is 0 Å². The third kappa shape index (κ3) is 9.41. The predicted molar refractivity (Wildman–Crippen MR) is 72.0 cm³/mol. The van der Waals surface area contributed by atoms with Crippen molar-refractivity contribution in [3.63, 3.8) is 0 Å². The number of rotatable bonds is 9. The molecule has 0 heterocycles. The van der Waals surface area contributed by atoms with Crippen LogP contribution < -0.4 is 0 Å². The van der Waals surface area contributed by atoms with Gasteiger partial charge in [0, 0.05) is 12.1 Å². The lowest BCUT2D eigenvalue weighted by atomic mass is 10.4. The summed E-state index contributed by atoms with van der Waals surface area (Å²) < 4.78 is 22.9. The molecule has 0 rings (SSSR count). The average molecular weight is 260 g/mol. The second kappa shape index (κ2) is 10.8. The van der Waals surface area contributed by atoms with Crippen LogP contribution in [0.2, 0.25) is 0 Å². The van der Waals surface area contributed by atoms with Crippen molar-refractivity contribution < 1.29 is 13.6 Å². The second-order valence-electron chi connectivity index (χ2n) is 3.91. The van der Waals surface area contributed by atoms with E-state index in [2.05, 4.69) is 25.4 Å². The van der Waals surface area contributed by atoms with Gasteiger partial charge in [-0.15, -0.1) is 0 Å². The number of hydrogen-bond donors (Lipinski definition) is 0. The molecule has 0 aliphatic rings. The van der Waals surface area contributed by atoms with E-state index in [1.807, 2.05) is 6.92 Å². The highest BCUT2D eigenvalue weighted by molar-refractivity contribution is 7.59. The van der Waals surface area contributed by atoms with Crippen LogP contribution in [-0.2, 0) is 13.6 Å². The summed E-state index contributed by atoms with van der Waals surface area (Å²) >= 11 is 0. The lowest BCUT2D eigenvalue weighted by Crippen LogP contribution is -1.97. The molecular weight excluding hydrogens is 235 g/mol. The maximum absolute atomic E-state index is 12.2. The first kappa shape index (κ1) is 16.7. The van der Waals surface area contributed by atoms with Gasteiger partial charge in [-0.25, -0.2) is 4.57 Å². The summed E-state index contributed by atoms with van der Waals surface area (Å²) in [5.41, 5.74) is 2.68. The van der Waals surface area contributed by atoms with Crippen LogP contribution in [0.1, 0.15) is 59.3 Å². The molecule has 0 saturated carbocycles. The Morgan fingerprint density at radius 1 is 0.941 bits per heavy atom. The molecule has 0 aliphatic carbocycles. The van der Waals surface area contributed by atoms with Gasteiger partial charge in [0.2, 0.25) is 0 Å². The zero-order valence-corrected chi connectivity index (χ0v) is 12.2. The molecule has 4 heteroatoms. The van der Waals surface area contributed by atoms with Gasteiger partial charge in [0.25, 0.3) is 0 Å². The van der Waals surface area contributed by atoms with E-state index in [0.29, 0.717) is 13.2 Å². The maximum atomic E-state index is 12.2. The van der Waals surface area contributed by atoms with E-state index < -0.39 is 7.60 Å². The highest BCUT2D eigenvalue weighted by Gasteiger charge is 2.20. The van der Waals surface area contributed by atoms with Gasteiger partial charge in [0.05, 0.1) is 13.2 Å². The number of unbranched alkanes of at least 4 members (excludes halogenated alkanes) is 3. The van der Waals surface area contributed by atoms with Crippen LogP contribution in [0.4, 0.5) is 0 Å². The predicted octanol–water partition coefficient (Wildman–Crippen LogP) is 4.57. The van der Waals surface area contributed by atoms with E-state index >= 15 is 0 Å². The fraction of sp³-hybridized carbons (Fsp3) is 0.846. The minimum atomic E-state index is -3.17. The zero-order chi connectivity index (χ0) is 13.0. The van der Waals surface area contributed by atoms with Crippen molar-refractivity contribution >= 4 is 7.60 Å². The van der Waals surface area contributed by atoms with E-state index in [1.165, 1.54) is 0 Å². The molecule has 0 unspecified atom stereocenters. The topological polar surface area (TPSA) is 35.5 Å². The first-order chi connectivity index (χ1) is 8.18. The van der Waals surface area contributed by atoms with Crippen LogP contribution in [-0.4, -0.2) is 13.2 Å². The molecule has 0 aromatic rings. The molecule has 0 fully saturated rings. The lowest BCUT2D eigenvalue weighted by Gasteiger charge is -2.12. The van der Waals surface area contributed by atoms with Gasteiger partial charge in [-0.1, -0.05) is 39.5 Å². The Hall–Kier alpha value is -0.290. The largest absolute Gasteiger partial charge is 0.405 e. The van der Waals surface area contributed by atoms with Crippen molar-refractivity contribution in [2.75, 3.05) is 13.2 Å². The molecule has 0 saturated heterocycles. The molecule has 0 aliphatic heterocycles. The van der Waals surface area contributed by atoms with Crippen molar-refractivity contribution in [2.24, 2.45) is 0 Å². The third-order valence-electron chi connectivity index (χ3n) is 2.11. The first-order valence-electron chi connectivity index (χ1n) is 6.57. The Kier molecular flexibility index (Phi) is 10.7. The first-order valence-corrected chi connectivity index (χ1v) is 8.12. The van der Waals surface area contributed by atoms with E-state index in [9.17, 15) is 4.57 Å². The minimum Gasteiger partial charge on any atom is -0.299 e. The van der Waals surface area contributed by atoms with Gasteiger partial charge < -0.3 is 0 Å². The maximum Gasteiger partial charge on any atom is 0.405 e. The van der Waals surface area contributed by atoms with E-state index in [0.717, 1.165) is 38.5 Å². The van der Waals surface area contributed by atoms with Crippen LogP contribution in [0.3, 0.4) is 0 Å². The Morgan fingerprint density at radius 2 is 1.47 bits per heavy atom. The van der Waals surface area contributed by atoms with Gasteiger partial charge in [-0.2, -0.15) is 0 Å². The van der Waals surface area contributed by atoms with Crippen LogP contribution in [0, 0.1) is 11.6 Å². The summed E-state index contributed by atoms with van der Waals surface area (Å²) in [7, 11) is -3.17. The van der Waals surface area contributed by atoms with Crippen molar-refractivity contribution in [3.05, 3.63) is 0 Å². The molecule has 0 N–H and O–H groups in total. The molecule has 3 nitrogen and oxygen atoms in total. The van der Waals surface area contributed by atoms with E-state index in [4.69, 9.17) is 9.05 Å². The normalized spacial score (nSPS) is 11.0. The van der Waals surface area contributed by atoms with Crippen molar-refractivity contribution in [1.82, 2.24) is 0 Å². The summed E-state index contributed by atoms with van der Waals surface area (Å²) in [5, 5.41) is 0. The van der Waals surface area contributed by atoms with Gasteiger partial charge >= 0.3 is 7.60 Å². The summed E-state index contributed by atoms with van der Waals surface area (Å²) in [6.45, 7) is 7.08.